The Kier molecular flexibility index (Phi) is 4.52. The van der Waals surface area contributed by atoms with Crippen molar-refractivity contribution in [3.63, 3.8) is 0 Å². The lowest BCUT2D eigenvalue weighted by Crippen LogP contribution is -2.30. The summed E-state index contributed by atoms with van der Waals surface area (Å²) in [5.74, 6) is -0.0365. The molecular formula is C13H17BrO3S2. The van der Waals surface area contributed by atoms with Gasteiger partial charge in [0, 0.05) is 12.2 Å². The van der Waals surface area contributed by atoms with Crippen LogP contribution in [0.2, 0.25) is 0 Å². The molecule has 0 saturated heterocycles. The molecule has 3 nitrogen and oxygen atoms in total. The van der Waals surface area contributed by atoms with Gasteiger partial charge in [-0.2, -0.15) is 0 Å². The smallest absolute Gasteiger partial charge is 0.175 e. The van der Waals surface area contributed by atoms with Gasteiger partial charge in [-0.25, -0.2) is 8.42 Å². The van der Waals surface area contributed by atoms with Crippen LogP contribution < -0.4 is 0 Å². The monoisotopic (exact) mass is 364 g/mol. The zero-order valence-electron chi connectivity index (χ0n) is 11.0. The molecule has 1 fully saturated rings. The van der Waals surface area contributed by atoms with Gasteiger partial charge in [0.25, 0.3) is 0 Å². The van der Waals surface area contributed by atoms with E-state index >= 15 is 0 Å². The zero-order chi connectivity index (χ0) is 14.2. The van der Waals surface area contributed by atoms with Gasteiger partial charge in [0.05, 0.1) is 13.9 Å². The highest BCUT2D eigenvalue weighted by Gasteiger charge is 2.33. The van der Waals surface area contributed by atoms with E-state index in [2.05, 4.69) is 15.9 Å². The fraction of sp³-hybridized carbons (Fsp3) is 0.615. The molecule has 0 amide bonds. The second-order valence-corrected chi connectivity index (χ2v) is 9.94. The van der Waals surface area contributed by atoms with Crippen LogP contribution in [0.25, 0.3) is 0 Å². The highest BCUT2D eigenvalue weighted by Crippen LogP contribution is 2.34. The van der Waals surface area contributed by atoms with Crippen molar-refractivity contribution >= 4 is 42.9 Å². The van der Waals surface area contributed by atoms with Crippen molar-refractivity contribution < 1.29 is 13.2 Å². The van der Waals surface area contributed by atoms with Crippen LogP contribution in [0.4, 0.5) is 0 Å². The first-order chi connectivity index (χ1) is 8.79. The van der Waals surface area contributed by atoms with E-state index in [0.29, 0.717) is 12.8 Å². The highest BCUT2D eigenvalue weighted by atomic mass is 79.9. The Balaban J connectivity index is 2.15. The first kappa shape index (κ1) is 15.2. The lowest BCUT2D eigenvalue weighted by atomic mass is 9.85. The molecule has 1 saturated carbocycles. The molecule has 1 aromatic heterocycles. The van der Waals surface area contributed by atoms with Crippen LogP contribution in [-0.4, -0.2) is 25.7 Å². The third kappa shape index (κ3) is 3.47. The van der Waals surface area contributed by atoms with E-state index in [9.17, 15) is 13.2 Å². The van der Waals surface area contributed by atoms with E-state index in [1.54, 1.807) is 0 Å². The number of thiophene rings is 1. The average molecular weight is 365 g/mol. The Morgan fingerprint density at radius 1 is 1.42 bits per heavy atom. The lowest BCUT2D eigenvalue weighted by molar-refractivity contribution is 0.0895. The topological polar surface area (TPSA) is 51.2 Å². The Morgan fingerprint density at radius 3 is 2.63 bits per heavy atom. The molecule has 1 heterocycles. The van der Waals surface area contributed by atoms with Crippen LogP contribution in [0, 0.1) is 12.8 Å². The first-order valence-electron chi connectivity index (χ1n) is 6.28. The van der Waals surface area contributed by atoms with Gasteiger partial charge in [0.1, 0.15) is 9.84 Å². The van der Waals surface area contributed by atoms with Crippen LogP contribution in [0.15, 0.2) is 9.85 Å². The second-order valence-electron chi connectivity index (χ2n) is 5.25. The minimum atomic E-state index is -3.04. The minimum Gasteiger partial charge on any atom is -0.293 e. The average Bonchev–Trinajstić information content (AvgIpc) is 2.68. The quantitative estimate of drug-likeness (QED) is 0.769. The van der Waals surface area contributed by atoms with Crippen LogP contribution in [0.5, 0.6) is 0 Å². The molecule has 0 aliphatic heterocycles. The lowest BCUT2D eigenvalue weighted by Gasteiger charge is -2.26. The van der Waals surface area contributed by atoms with Gasteiger partial charge >= 0.3 is 0 Å². The van der Waals surface area contributed by atoms with Gasteiger partial charge in [-0.05, 0) is 53.7 Å². The van der Waals surface area contributed by atoms with Crippen LogP contribution >= 0.6 is 27.3 Å². The number of carbonyl (C=O) groups excluding carboxylic acids is 1. The maximum Gasteiger partial charge on any atom is 0.175 e. The number of aryl methyl sites for hydroxylation is 1. The molecule has 2 unspecified atom stereocenters. The van der Waals surface area contributed by atoms with Crippen molar-refractivity contribution in [1.29, 1.82) is 0 Å². The summed E-state index contributed by atoms with van der Waals surface area (Å²) < 4.78 is 24.2. The van der Waals surface area contributed by atoms with Gasteiger partial charge < -0.3 is 0 Å². The number of rotatable bonds is 3. The Morgan fingerprint density at radius 2 is 2.11 bits per heavy atom. The number of hydrogen-bond donors (Lipinski definition) is 0. The minimum absolute atomic E-state index is 0.104. The fourth-order valence-corrected chi connectivity index (χ4v) is 5.28. The fourth-order valence-electron chi connectivity index (χ4n) is 2.55. The number of carbonyl (C=O) groups is 1. The summed E-state index contributed by atoms with van der Waals surface area (Å²) in [7, 11) is -3.04. The molecule has 0 bridgehead atoms. The molecule has 0 N–H and O–H groups in total. The highest BCUT2D eigenvalue weighted by molar-refractivity contribution is 9.11. The molecule has 1 aliphatic carbocycles. The summed E-state index contributed by atoms with van der Waals surface area (Å²) in [6.07, 6.45) is 4.07. The molecule has 0 radical (unpaired) electrons. The van der Waals surface area contributed by atoms with E-state index in [0.717, 1.165) is 27.1 Å². The van der Waals surface area contributed by atoms with Crippen molar-refractivity contribution in [2.45, 2.75) is 37.9 Å². The standard InChI is InChI=1S/C13H17BrO3S2/c1-8-6-11(18-13(8)14)12(15)9-4-3-5-10(7-9)19(2,16)17/h6,9-10H,3-5,7H2,1-2H3. The predicted molar refractivity (Wildman–Crippen MR) is 81.7 cm³/mol. The third-order valence-corrected chi connectivity index (χ3v) is 7.49. The van der Waals surface area contributed by atoms with E-state index in [1.807, 2.05) is 13.0 Å². The zero-order valence-corrected chi connectivity index (χ0v) is 14.2. The van der Waals surface area contributed by atoms with Gasteiger partial charge in [0.2, 0.25) is 0 Å². The van der Waals surface area contributed by atoms with Crippen LogP contribution in [-0.2, 0) is 9.84 Å². The number of Topliss-reactive ketones (excluding diaryl/α,β-unsaturated/α-hetero) is 1. The molecule has 1 aromatic rings. The van der Waals surface area contributed by atoms with E-state index in [1.165, 1.54) is 17.6 Å². The molecule has 19 heavy (non-hydrogen) atoms. The molecule has 0 aromatic carbocycles. The summed E-state index contributed by atoms with van der Waals surface area (Å²) in [6.45, 7) is 1.96. The van der Waals surface area contributed by atoms with Gasteiger partial charge in [-0.1, -0.05) is 6.42 Å². The van der Waals surface area contributed by atoms with Gasteiger partial charge in [-0.3, -0.25) is 4.79 Å². The van der Waals surface area contributed by atoms with Crippen molar-refractivity contribution in [1.82, 2.24) is 0 Å². The third-order valence-electron chi connectivity index (χ3n) is 3.70. The normalized spacial score (nSPS) is 24.4. The first-order valence-corrected chi connectivity index (χ1v) is 9.84. The Hall–Kier alpha value is -0.200. The number of ketones is 1. The summed E-state index contributed by atoms with van der Waals surface area (Å²) in [6, 6.07) is 1.89. The van der Waals surface area contributed by atoms with Crippen LogP contribution in [0.3, 0.4) is 0 Å². The maximum atomic E-state index is 12.4. The molecule has 106 valence electrons. The Labute approximate surface area is 126 Å². The summed E-state index contributed by atoms with van der Waals surface area (Å²) >= 11 is 4.86. The summed E-state index contributed by atoms with van der Waals surface area (Å²) in [5.41, 5.74) is 1.06. The summed E-state index contributed by atoms with van der Waals surface area (Å²) in [4.78, 5) is 13.2. The van der Waals surface area contributed by atoms with E-state index < -0.39 is 9.84 Å². The maximum absolute atomic E-state index is 12.4. The van der Waals surface area contributed by atoms with Crippen molar-refractivity contribution in [2.75, 3.05) is 6.26 Å². The van der Waals surface area contributed by atoms with Gasteiger partial charge in [0.15, 0.2) is 5.78 Å². The molecule has 2 atom stereocenters. The predicted octanol–water partition coefficient (Wildman–Crippen LogP) is 3.61. The number of sulfone groups is 1. The summed E-state index contributed by atoms with van der Waals surface area (Å²) in [5, 5.41) is -0.348. The van der Waals surface area contributed by atoms with Crippen molar-refractivity contribution in [3.05, 3.63) is 20.3 Å². The SMILES string of the molecule is Cc1cc(C(=O)C2CCCC(S(C)(=O)=O)C2)sc1Br. The van der Waals surface area contributed by atoms with Crippen molar-refractivity contribution in [2.24, 2.45) is 5.92 Å². The largest absolute Gasteiger partial charge is 0.293 e. The van der Waals surface area contributed by atoms with Crippen molar-refractivity contribution in [3.8, 4) is 0 Å². The molecule has 1 aliphatic rings. The Bertz CT molecular complexity index is 570. The number of halogens is 1. The van der Waals surface area contributed by atoms with E-state index in [-0.39, 0.29) is 17.0 Å². The molecule has 6 heteroatoms. The van der Waals surface area contributed by atoms with Crippen LogP contribution in [0.1, 0.15) is 40.9 Å². The number of hydrogen-bond acceptors (Lipinski definition) is 4. The molecule has 0 spiro atoms. The molecule has 2 rings (SSSR count). The second kappa shape index (κ2) is 5.66. The van der Waals surface area contributed by atoms with E-state index in [4.69, 9.17) is 0 Å². The van der Waals surface area contributed by atoms with Gasteiger partial charge in [-0.15, -0.1) is 11.3 Å². The molecular weight excluding hydrogens is 348 g/mol.